The van der Waals surface area contributed by atoms with Crippen molar-refractivity contribution in [3.8, 4) is 5.75 Å². The highest BCUT2D eigenvalue weighted by molar-refractivity contribution is 14.0. The molecule has 5 nitrogen and oxygen atoms in total. The predicted molar refractivity (Wildman–Crippen MR) is 121 cm³/mol. The Hall–Kier alpha value is -1.02. The van der Waals surface area contributed by atoms with E-state index in [4.69, 9.17) is 4.74 Å². The lowest BCUT2D eigenvalue weighted by molar-refractivity contribution is 0.129. The highest BCUT2D eigenvalue weighted by Gasteiger charge is 2.34. The third-order valence-corrected chi connectivity index (χ3v) is 5.93. The van der Waals surface area contributed by atoms with E-state index in [0.29, 0.717) is 6.10 Å². The molecule has 0 bridgehead atoms. The van der Waals surface area contributed by atoms with Crippen molar-refractivity contribution in [1.29, 1.82) is 0 Å². The van der Waals surface area contributed by atoms with Gasteiger partial charge in [-0.1, -0.05) is 18.2 Å². The standard InChI is InChI=1S/C21H32N4O.HI/c1-22-21(23-15-17-9-12-25(16-17)18-7-8-18)24-13-10-20(11-14-24)26-19-5-3-2-4-6-19;/h2-6,17-18,20H,7-16H2,1H3,(H,22,23);1H. The number of benzene rings is 1. The van der Waals surface area contributed by atoms with Crippen molar-refractivity contribution >= 4 is 29.9 Å². The first-order valence-electron chi connectivity index (χ1n) is 10.2. The van der Waals surface area contributed by atoms with E-state index >= 15 is 0 Å². The van der Waals surface area contributed by atoms with Gasteiger partial charge in [0.15, 0.2) is 5.96 Å². The number of nitrogens with one attached hydrogen (secondary N) is 1. The van der Waals surface area contributed by atoms with Gasteiger partial charge in [0.05, 0.1) is 0 Å². The quantitative estimate of drug-likeness (QED) is 0.396. The number of rotatable bonds is 5. The minimum atomic E-state index is 0. The van der Waals surface area contributed by atoms with Crippen LogP contribution in [0.1, 0.15) is 32.1 Å². The highest BCUT2D eigenvalue weighted by Crippen LogP contribution is 2.31. The zero-order valence-corrected chi connectivity index (χ0v) is 18.7. The summed E-state index contributed by atoms with van der Waals surface area (Å²) in [4.78, 5) is 9.59. The topological polar surface area (TPSA) is 40.1 Å². The molecule has 2 aliphatic heterocycles. The fourth-order valence-corrected chi connectivity index (χ4v) is 4.25. The third kappa shape index (κ3) is 5.73. The largest absolute Gasteiger partial charge is 0.490 e. The molecule has 27 heavy (non-hydrogen) atoms. The summed E-state index contributed by atoms with van der Waals surface area (Å²) in [6.45, 7) is 5.63. The zero-order valence-electron chi connectivity index (χ0n) is 16.3. The summed E-state index contributed by atoms with van der Waals surface area (Å²) in [5, 5.41) is 3.63. The average molecular weight is 484 g/mol. The first kappa shape index (κ1) is 20.7. The Morgan fingerprint density at radius 2 is 1.81 bits per heavy atom. The molecule has 1 N–H and O–H groups in total. The van der Waals surface area contributed by atoms with Gasteiger partial charge in [-0.3, -0.25) is 4.99 Å². The van der Waals surface area contributed by atoms with Crippen molar-refractivity contribution in [3.05, 3.63) is 30.3 Å². The average Bonchev–Trinajstić information content (AvgIpc) is 3.43. The van der Waals surface area contributed by atoms with E-state index in [1.807, 2.05) is 37.4 Å². The number of hydrogen-bond donors (Lipinski definition) is 1. The van der Waals surface area contributed by atoms with E-state index in [9.17, 15) is 0 Å². The Kier molecular flexibility index (Phi) is 7.64. The molecule has 0 radical (unpaired) electrons. The number of aliphatic imine (C=N–C) groups is 1. The molecule has 3 fully saturated rings. The van der Waals surface area contributed by atoms with Crippen LogP contribution in [0.2, 0.25) is 0 Å². The van der Waals surface area contributed by atoms with Crippen LogP contribution in [0.3, 0.4) is 0 Å². The molecule has 1 saturated carbocycles. The number of para-hydroxylation sites is 1. The SMILES string of the molecule is CN=C(NCC1CCN(C2CC2)C1)N1CCC(Oc2ccccc2)CC1.I. The minimum Gasteiger partial charge on any atom is -0.490 e. The lowest BCUT2D eigenvalue weighted by Crippen LogP contribution is -2.48. The number of halogens is 1. The van der Waals surface area contributed by atoms with Crippen LogP contribution in [0.25, 0.3) is 0 Å². The molecule has 0 amide bonds. The summed E-state index contributed by atoms with van der Waals surface area (Å²) in [5.74, 6) is 2.81. The van der Waals surface area contributed by atoms with Crippen LogP contribution in [0, 0.1) is 5.92 Å². The molecule has 1 aromatic carbocycles. The van der Waals surface area contributed by atoms with Gasteiger partial charge < -0.3 is 19.9 Å². The number of nitrogens with zero attached hydrogens (tertiary/aromatic N) is 3. The van der Waals surface area contributed by atoms with Gasteiger partial charge in [-0.05, 0) is 43.9 Å². The molecular weight excluding hydrogens is 451 g/mol. The van der Waals surface area contributed by atoms with Crippen LogP contribution in [-0.2, 0) is 0 Å². The van der Waals surface area contributed by atoms with Crippen molar-refractivity contribution in [1.82, 2.24) is 15.1 Å². The van der Waals surface area contributed by atoms with Crippen LogP contribution in [-0.4, -0.2) is 67.7 Å². The molecule has 2 heterocycles. The molecule has 1 unspecified atom stereocenters. The lowest BCUT2D eigenvalue weighted by atomic mass is 10.1. The van der Waals surface area contributed by atoms with Gasteiger partial charge in [-0.15, -0.1) is 24.0 Å². The van der Waals surface area contributed by atoms with Crippen LogP contribution in [0.5, 0.6) is 5.75 Å². The fraction of sp³-hybridized carbons (Fsp3) is 0.667. The number of hydrogen-bond acceptors (Lipinski definition) is 3. The molecule has 0 aromatic heterocycles. The smallest absolute Gasteiger partial charge is 0.193 e. The summed E-state index contributed by atoms with van der Waals surface area (Å²) in [5.41, 5.74) is 0. The second-order valence-corrected chi connectivity index (χ2v) is 7.93. The van der Waals surface area contributed by atoms with E-state index in [0.717, 1.165) is 56.1 Å². The molecule has 150 valence electrons. The molecule has 1 aliphatic carbocycles. The maximum absolute atomic E-state index is 6.11. The van der Waals surface area contributed by atoms with Crippen LogP contribution < -0.4 is 10.1 Å². The van der Waals surface area contributed by atoms with E-state index < -0.39 is 0 Å². The summed E-state index contributed by atoms with van der Waals surface area (Å²) < 4.78 is 6.11. The van der Waals surface area contributed by atoms with Gasteiger partial charge in [0.2, 0.25) is 0 Å². The molecule has 3 aliphatic rings. The fourth-order valence-electron chi connectivity index (χ4n) is 4.25. The lowest BCUT2D eigenvalue weighted by Gasteiger charge is -2.34. The number of piperidine rings is 1. The highest BCUT2D eigenvalue weighted by atomic mass is 127. The third-order valence-electron chi connectivity index (χ3n) is 5.93. The summed E-state index contributed by atoms with van der Waals surface area (Å²) in [6.07, 6.45) is 6.58. The van der Waals surface area contributed by atoms with Crippen molar-refractivity contribution in [2.75, 3.05) is 39.8 Å². The van der Waals surface area contributed by atoms with Crippen molar-refractivity contribution in [2.24, 2.45) is 10.9 Å². The molecule has 1 atom stereocenters. The van der Waals surface area contributed by atoms with E-state index in [-0.39, 0.29) is 24.0 Å². The Labute approximate surface area is 180 Å². The molecule has 0 spiro atoms. The molecule has 4 rings (SSSR count). The maximum atomic E-state index is 6.11. The van der Waals surface area contributed by atoms with E-state index in [2.05, 4.69) is 20.1 Å². The number of likely N-dealkylation sites (tertiary alicyclic amines) is 2. The molecule has 1 aromatic rings. The van der Waals surface area contributed by atoms with E-state index in [1.165, 1.54) is 32.4 Å². The summed E-state index contributed by atoms with van der Waals surface area (Å²) >= 11 is 0. The minimum absolute atomic E-state index is 0. The molecule has 6 heteroatoms. The summed E-state index contributed by atoms with van der Waals surface area (Å²) in [7, 11) is 1.90. The van der Waals surface area contributed by atoms with Crippen LogP contribution in [0.15, 0.2) is 35.3 Å². The first-order chi connectivity index (χ1) is 12.8. The second kappa shape index (κ2) is 9.96. The predicted octanol–water partition coefficient (Wildman–Crippen LogP) is 3.21. The monoisotopic (exact) mass is 484 g/mol. The number of ether oxygens (including phenoxy) is 1. The van der Waals surface area contributed by atoms with Crippen molar-refractivity contribution in [2.45, 2.75) is 44.2 Å². The Morgan fingerprint density at radius 1 is 1.07 bits per heavy atom. The zero-order chi connectivity index (χ0) is 17.8. The van der Waals surface area contributed by atoms with Gasteiger partial charge in [0, 0.05) is 52.1 Å². The summed E-state index contributed by atoms with van der Waals surface area (Å²) in [6, 6.07) is 11.1. The van der Waals surface area contributed by atoms with Gasteiger partial charge >= 0.3 is 0 Å². The van der Waals surface area contributed by atoms with Gasteiger partial charge in [-0.25, -0.2) is 0 Å². The molecule has 2 saturated heterocycles. The normalized spacial score (nSPS) is 24.6. The first-order valence-corrected chi connectivity index (χ1v) is 10.2. The van der Waals surface area contributed by atoms with Gasteiger partial charge in [-0.2, -0.15) is 0 Å². The number of guanidine groups is 1. The van der Waals surface area contributed by atoms with Gasteiger partial charge in [0.25, 0.3) is 0 Å². The van der Waals surface area contributed by atoms with Crippen molar-refractivity contribution < 1.29 is 4.74 Å². The maximum Gasteiger partial charge on any atom is 0.193 e. The van der Waals surface area contributed by atoms with Gasteiger partial charge in [0.1, 0.15) is 11.9 Å². The molecular formula is C21H33IN4O. The Morgan fingerprint density at radius 3 is 2.48 bits per heavy atom. The Bertz CT molecular complexity index is 599. The van der Waals surface area contributed by atoms with Crippen LogP contribution >= 0.6 is 24.0 Å². The van der Waals surface area contributed by atoms with Crippen LogP contribution in [0.4, 0.5) is 0 Å². The van der Waals surface area contributed by atoms with Crippen molar-refractivity contribution in [3.63, 3.8) is 0 Å². The van der Waals surface area contributed by atoms with E-state index in [1.54, 1.807) is 0 Å². The second-order valence-electron chi connectivity index (χ2n) is 7.93. The Balaban J connectivity index is 0.00000210.